The Hall–Kier alpha value is -2.96. The van der Waals surface area contributed by atoms with Crippen LogP contribution in [0.1, 0.15) is 57.1 Å². The summed E-state index contributed by atoms with van der Waals surface area (Å²) >= 11 is 0. The van der Waals surface area contributed by atoms with E-state index in [1.165, 1.54) is 0 Å². The molecular formula is C25H32N2O5. The van der Waals surface area contributed by atoms with Crippen LogP contribution >= 0.6 is 0 Å². The third-order valence-electron chi connectivity index (χ3n) is 5.60. The van der Waals surface area contributed by atoms with Crippen LogP contribution in [0.15, 0.2) is 34.7 Å². The van der Waals surface area contributed by atoms with Gasteiger partial charge in [-0.15, -0.1) is 0 Å². The summed E-state index contributed by atoms with van der Waals surface area (Å²) in [5.41, 5.74) is 0.815. The minimum absolute atomic E-state index is 0.0465. The van der Waals surface area contributed by atoms with Gasteiger partial charge in [0.1, 0.15) is 18.1 Å². The van der Waals surface area contributed by atoms with Crippen LogP contribution in [-0.2, 0) is 22.7 Å². The molecule has 1 aliphatic carbocycles. The van der Waals surface area contributed by atoms with Crippen molar-refractivity contribution in [3.63, 3.8) is 0 Å². The number of fused-ring (bicyclic) bond motifs is 1. The first kappa shape index (κ1) is 22.2. The number of rotatable bonds is 8. The second kappa shape index (κ2) is 8.88. The van der Waals surface area contributed by atoms with Crippen LogP contribution in [0.3, 0.4) is 0 Å². The Morgan fingerprint density at radius 2 is 1.75 bits per heavy atom. The molecule has 32 heavy (non-hydrogen) atoms. The van der Waals surface area contributed by atoms with E-state index in [0.717, 1.165) is 29.9 Å². The molecule has 7 heteroatoms. The first-order chi connectivity index (χ1) is 15.2. The Morgan fingerprint density at radius 3 is 2.41 bits per heavy atom. The van der Waals surface area contributed by atoms with Gasteiger partial charge in [0.15, 0.2) is 11.5 Å². The van der Waals surface area contributed by atoms with Crippen molar-refractivity contribution in [2.24, 2.45) is 5.41 Å². The molecule has 0 unspecified atom stereocenters. The number of carbonyl (C=O) groups is 2. The molecule has 0 bridgehead atoms. The molecule has 0 N–H and O–H groups in total. The maximum absolute atomic E-state index is 13.4. The summed E-state index contributed by atoms with van der Waals surface area (Å²) in [5, 5.41) is 0. The monoisotopic (exact) mass is 440 g/mol. The molecule has 1 aliphatic heterocycles. The van der Waals surface area contributed by atoms with Gasteiger partial charge in [-0.25, -0.2) is 0 Å². The smallest absolute Gasteiger partial charge is 0.242 e. The first-order valence-electron chi connectivity index (χ1n) is 11.2. The Morgan fingerprint density at radius 1 is 1.00 bits per heavy atom. The van der Waals surface area contributed by atoms with Crippen molar-refractivity contribution < 1.29 is 23.5 Å². The molecule has 1 saturated carbocycles. The van der Waals surface area contributed by atoms with Crippen molar-refractivity contribution in [3.05, 3.63) is 47.4 Å². The molecule has 1 aromatic heterocycles. The topological polar surface area (TPSA) is 72.2 Å². The molecule has 4 rings (SSSR count). The number of benzene rings is 1. The lowest BCUT2D eigenvalue weighted by atomic mass is 9.91. The van der Waals surface area contributed by atoms with Crippen molar-refractivity contribution in [2.45, 2.75) is 66.1 Å². The van der Waals surface area contributed by atoms with E-state index in [4.69, 9.17) is 13.9 Å². The lowest BCUT2D eigenvalue weighted by Gasteiger charge is -2.29. The van der Waals surface area contributed by atoms with Gasteiger partial charge in [0.05, 0.1) is 6.54 Å². The van der Waals surface area contributed by atoms with Crippen LogP contribution < -0.4 is 9.47 Å². The van der Waals surface area contributed by atoms with Gasteiger partial charge in [-0.3, -0.25) is 9.59 Å². The van der Waals surface area contributed by atoms with Gasteiger partial charge < -0.3 is 23.7 Å². The number of nitrogens with zero attached hydrogens (tertiary/aromatic N) is 2. The fourth-order valence-electron chi connectivity index (χ4n) is 3.86. The number of hydrogen-bond donors (Lipinski definition) is 0. The quantitative estimate of drug-likeness (QED) is 0.613. The molecule has 2 amide bonds. The summed E-state index contributed by atoms with van der Waals surface area (Å²) in [6, 6.07) is 9.65. The van der Waals surface area contributed by atoms with Crippen LogP contribution in [-0.4, -0.2) is 41.0 Å². The van der Waals surface area contributed by atoms with Gasteiger partial charge in [-0.2, -0.15) is 0 Å². The predicted octanol–water partition coefficient (Wildman–Crippen LogP) is 4.27. The highest BCUT2D eigenvalue weighted by Gasteiger charge is 2.36. The van der Waals surface area contributed by atoms with Gasteiger partial charge in [-0.05, 0) is 55.0 Å². The Labute approximate surface area is 189 Å². The van der Waals surface area contributed by atoms with Gasteiger partial charge in [0.2, 0.25) is 18.6 Å². The normalized spacial score (nSPS) is 15.0. The van der Waals surface area contributed by atoms with Crippen molar-refractivity contribution in [1.82, 2.24) is 9.80 Å². The largest absolute Gasteiger partial charge is 0.464 e. The maximum atomic E-state index is 13.4. The van der Waals surface area contributed by atoms with E-state index in [1.54, 1.807) is 9.80 Å². The Bertz CT molecular complexity index is 986. The number of hydrogen-bond acceptors (Lipinski definition) is 5. The average molecular weight is 441 g/mol. The second-order valence-electron chi connectivity index (χ2n) is 9.94. The van der Waals surface area contributed by atoms with Crippen molar-refractivity contribution in [1.29, 1.82) is 0 Å². The van der Waals surface area contributed by atoms with Gasteiger partial charge in [-0.1, -0.05) is 26.8 Å². The summed E-state index contributed by atoms with van der Waals surface area (Å²) in [6.07, 6.45) is 2.35. The second-order valence-corrected chi connectivity index (χ2v) is 9.94. The highest BCUT2D eigenvalue weighted by Crippen LogP contribution is 2.33. The molecule has 2 aliphatic rings. The standard InChI is InChI=1S/C25H32N2O5/c1-17-5-9-20(32-17)14-26(13-18-6-10-21-22(11-18)31-16-30-21)24(29)15-27(19-7-8-19)23(28)12-25(2,3)4/h5-6,9-11,19H,7-8,12-16H2,1-4H3. The lowest BCUT2D eigenvalue weighted by Crippen LogP contribution is -2.44. The molecule has 2 aromatic rings. The number of amides is 2. The Kier molecular flexibility index (Phi) is 6.17. The van der Waals surface area contributed by atoms with Crippen molar-refractivity contribution in [2.75, 3.05) is 13.3 Å². The lowest BCUT2D eigenvalue weighted by molar-refractivity contribution is -0.143. The summed E-state index contributed by atoms with van der Waals surface area (Å²) in [7, 11) is 0. The zero-order chi connectivity index (χ0) is 22.9. The minimum Gasteiger partial charge on any atom is -0.464 e. The van der Waals surface area contributed by atoms with E-state index in [2.05, 4.69) is 0 Å². The predicted molar refractivity (Wildman–Crippen MR) is 119 cm³/mol. The summed E-state index contributed by atoms with van der Waals surface area (Å²) < 4.78 is 16.6. The van der Waals surface area contributed by atoms with Crippen LogP contribution in [0.4, 0.5) is 0 Å². The van der Waals surface area contributed by atoms with E-state index in [0.29, 0.717) is 31.0 Å². The molecule has 0 spiro atoms. The molecule has 1 fully saturated rings. The fraction of sp³-hybridized carbons (Fsp3) is 0.520. The number of aryl methyl sites for hydroxylation is 1. The molecule has 0 saturated heterocycles. The third kappa shape index (κ3) is 5.64. The zero-order valence-electron chi connectivity index (χ0n) is 19.3. The molecule has 2 heterocycles. The van der Waals surface area contributed by atoms with Crippen LogP contribution in [0.25, 0.3) is 0 Å². The van der Waals surface area contributed by atoms with Crippen molar-refractivity contribution >= 4 is 11.8 Å². The zero-order valence-corrected chi connectivity index (χ0v) is 19.3. The maximum Gasteiger partial charge on any atom is 0.242 e. The average Bonchev–Trinajstić information content (AvgIpc) is 3.30. The fourth-order valence-corrected chi connectivity index (χ4v) is 3.86. The highest BCUT2D eigenvalue weighted by molar-refractivity contribution is 5.85. The highest BCUT2D eigenvalue weighted by atomic mass is 16.7. The summed E-state index contributed by atoms with van der Waals surface area (Å²) in [5.74, 6) is 2.87. The SMILES string of the molecule is Cc1ccc(CN(Cc2ccc3c(c2)OCO3)C(=O)CN(C(=O)CC(C)(C)C)C2CC2)o1. The van der Waals surface area contributed by atoms with E-state index in [-0.39, 0.29) is 36.6 Å². The molecule has 0 atom stereocenters. The first-order valence-corrected chi connectivity index (χ1v) is 11.2. The van der Waals surface area contributed by atoms with E-state index < -0.39 is 0 Å². The van der Waals surface area contributed by atoms with Gasteiger partial charge in [0, 0.05) is 19.0 Å². The van der Waals surface area contributed by atoms with Gasteiger partial charge in [0.25, 0.3) is 0 Å². The van der Waals surface area contributed by atoms with E-state index in [9.17, 15) is 9.59 Å². The molecular weight excluding hydrogens is 408 g/mol. The molecule has 172 valence electrons. The number of carbonyl (C=O) groups excluding carboxylic acids is 2. The van der Waals surface area contributed by atoms with Crippen LogP contribution in [0.5, 0.6) is 11.5 Å². The van der Waals surface area contributed by atoms with Crippen LogP contribution in [0.2, 0.25) is 0 Å². The van der Waals surface area contributed by atoms with Crippen LogP contribution in [0, 0.1) is 12.3 Å². The summed E-state index contributed by atoms with van der Waals surface area (Å²) in [6.45, 7) is 9.04. The molecule has 7 nitrogen and oxygen atoms in total. The molecule has 1 aromatic carbocycles. The minimum atomic E-state index is -0.120. The Balaban J connectivity index is 1.51. The number of furan rings is 1. The third-order valence-corrected chi connectivity index (χ3v) is 5.60. The van der Waals surface area contributed by atoms with Crippen molar-refractivity contribution in [3.8, 4) is 11.5 Å². The number of ether oxygens (including phenoxy) is 2. The van der Waals surface area contributed by atoms with Gasteiger partial charge >= 0.3 is 0 Å². The van der Waals surface area contributed by atoms with E-state index in [1.807, 2.05) is 58.0 Å². The molecule has 0 radical (unpaired) electrons. The summed E-state index contributed by atoms with van der Waals surface area (Å²) in [4.78, 5) is 29.9. The van der Waals surface area contributed by atoms with E-state index >= 15 is 0 Å².